The third-order valence-corrected chi connectivity index (χ3v) is 3.34. The molecule has 0 aliphatic carbocycles. The van der Waals surface area contributed by atoms with Crippen molar-refractivity contribution in [3.63, 3.8) is 0 Å². The molecule has 1 saturated heterocycles. The van der Waals surface area contributed by atoms with E-state index in [2.05, 4.69) is 22.1 Å². The largest absolute Gasteiger partial charge is 0.467 e. The third-order valence-electron chi connectivity index (χ3n) is 3.34. The maximum atomic E-state index is 11.3. The van der Waals surface area contributed by atoms with Crippen molar-refractivity contribution < 1.29 is 9.21 Å². The van der Waals surface area contributed by atoms with Gasteiger partial charge in [0.25, 0.3) is 5.91 Å². The first kappa shape index (κ1) is 13.1. The van der Waals surface area contributed by atoms with Gasteiger partial charge < -0.3 is 9.32 Å². The number of nitrogens with one attached hydrogen (secondary N) is 1. The van der Waals surface area contributed by atoms with E-state index in [0.717, 1.165) is 45.0 Å². The minimum Gasteiger partial charge on any atom is -0.467 e. The average Bonchev–Trinajstić information content (AvgIpc) is 2.87. The summed E-state index contributed by atoms with van der Waals surface area (Å²) in [4.78, 5) is 16.0. The van der Waals surface area contributed by atoms with Gasteiger partial charge >= 0.3 is 0 Å². The minimum absolute atomic E-state index is 0.319. The molecule has 0 saturated carbocycles. The van der Waals surface area contributed by atoms with Gasteiger partial charge in [0.05, 0.1) is 12.1 Å². The molecule has 1 aliphatic heterocycles. The molecule has 0 radical (unpaired) electrons. The summed E-state index contributed by atoms with van der Waals surface area (Å²) < 4.78 is 5.37. The second-order valence-electron chi connectivity index (χ2n) is 4.49. The van der Waals surface area contributed by atoms with Gasteiger partial charge in [-0.3, -0.25) is 15.1 Å². The van der Waals surface area contributed by atoms with E-state index in [9.17, 15) is 4.79 Å². The third kappa shape index (κ3) is 3.10. The fourth-order valence-corrected chi connectivity index (χ4v) is 2.15. The molecule has 2 heterocycles. The summed E-state index contributed by atoms with van der Waals surface area (Å²) in [7, 11) is 0. The van der Waals surface area contributed by atoms with Gasteiger partial charge in [-0.1, -0.05) is 6.92 Å². The Morgan fingerprint density at radius 2 is 2.06 bits per heavy atom. The van der Waals surface area contributed by atoms with Crippen LogP contribution in [0.4, 0.5) is 0 Å². The Bertz CT molecular complexity index is 397. The minimum atomic E-state index is -0.319. The lowest BCUT2D eigenvalue weighted by Gasteiger charge is -2.33. The molecule has 0 atom stereocenters. The smallest absolute Gasteiger partial charge is 0.268 e. The Morgan fingerprint density at radius 3 is 2.67 bits per heavy atom. The lowest BCUT2D eigenvalue weighted by Crippen LogP contribution is -2.45. The van der Waals surface area contributed by atoms with Crippen molar-refractivity contribution in [2.45, 2.75) is 13.5 Å². The van der Waals surface area contributed by atoms with E-state index in [1.807, 2.05) is 0 Å². The average molecular weight is 252 g/mol. The molecule has 6 heteroatoms. The van der Waals surface area contributed by atoms with Gasteiger partial charge in [0.15, 0.2) is 0 Å². The van der Waals surface area contributed by atoms with Crippen LogP contribution in [0.25, 0.3) is 0 Å². The first-order chi connectivity index (χ1) is 8.72. The Labute approximate surface area is 107 Å². The van der Waals surface area contributed by atoms with Crippen LogP contribution in [-0.4, -0.2) is 48.4 Å². The van der Waals surface area contributed by atoms with E-state index in [4.69, 9.17) is 10.3 Å². The number of piperazine rings is 1. The van der Waals surface area contributed by atoms with Crippen molar-refractivity contribution >= 4 is 5.91 Å². The predicted molar refractivity (Wildman–Crippen MR) is 67.8 cm³/mol. The number of hydrogen-bond acceptors (Lipinski definition) is 5. The zero-order valence-corrected chi connectivity index (χ0v) is 10.7. The second-order valence-corrected chi connectivity index (χ2v) is 4.49. The van der Waals surface area contributed by atoms with Crippen LogP contribution in [-0.2, 0) is 6.54 Å². The summed E-state index contributed by atoms with van der Waals surface area (Å²) >= 11 is 0. The number of furan rings is 1. The highest BCUT2D eigenvalue weighted by Crippen LogP contribution is 2.12. The normalized spacial score (nSPS) is 17.9. The molecule has 2 rings (SSSR count). The number of nitrogens with two attached hydrogens (primary N) is 1. The number of nitrogen functional groups attached to an aromatic ring is 1. The number of hydrogen-bond donors (Lipinski definition) is 2. The fraction of sp³-hybridized carbons (Fsp3) is 0.583. The summed E-state index contributed by atoms with van der Waals surface area (Å²) in [6.45, 7) is 8.28. The van der Waals surface area contributed by atoms with E-state index in [1.165, 1.54) is 6.26 Å². The highest BCUT2D eigenvalue weighted by atomic mass is 16.3. The molecule has 18 heavy (non-hydrogen) atoms. The van der Waals surface area contributed by atoms with Gasteiger partial charge in [0.2, 0.25) is 0 Å². The van der Waals surface area contributed by atoms with Crippen LogP contribution in [0, 0.1) is 0 Å². The SMILES string of the molecule is CCN1CCN(Cc2cc(C(=O)NN)co2)CC1. The maximum absolute atomic E-state index is 11.3. The Kier molecular flexibility index (Phi) is 4.35. The molecule has 3 N–H and O–H groups in total. The zero-order valence-electron chi connectivity index (χ0n) is 10.7. The van der Waals surface area contributed by atoms with Crippen LogP contribution in [0.15, 0.2) is 16.7 Å². The number of carbonyl (C=O) groups excluding carboxylic acids is 1. The Hall–Kier alpha value is -1.37. The highest BCUT2D eigenvalue weighted by Gasteiger charge is 2.17. The number of likely N-dealkylation sites (N-methyl/N-ethyl adjacent to an activating group) is 1. The monoisotopic (exact) mass is 252 g/mol. The molecule has 1 amide bonds. The van der Waals surface area contributed by atoms with E-state index in [1.54, 1.807) is 6.07 Å². The van der Waals surface area contributed by atoms with E-state index in [0.29, 0.717) is 5.56 Å². The van der Waals surface area contributed by atoms with Gasteiger partial charge in [0, 0.05) is 26.2 Å². The molecule has 6 nitrogen and oxygen atoms in total. The molecule has 0 spiro atoms. The summed E-state index contributed by atoms with van der Waals surface area (Å²) in [5.41, 5.74) is 2.56. The summed E-state index contributed by atoms with van der Waals surface area (Å²) in [5.74, 6) is 5.56. The lowest BCUT2D eigenvalue weighted by molar-refractivity contribution is 0.0953. The lowest BCUT2D eigenvalue weighted by atomic mass is 10.2. The van der Waals surface area contributed by atoms with Crippen molar-refractivity contribution in [2.24, 2.45) is 5.84 Å². The molecular weight excluding hydrogens is 232 g/mol. The molecule has 1 aromatic rings. The molecule has 1 fully saturated rings. The molecule has 1 aliphatic rings. The Balaban J connectivity index is 1.86. The van der Waals surface area contributed by atoms with Gasteiger partial charge in [-0.25, -0.2) is 5.84 Å². The molecule has 0 unspecified atom stereocenters. The second kappa shape index (κ2) is 5.99. The van der Waals surface area contributed by atoms with Crippen molar-refractivity contribution in [2.75, 3.05) is 32.7 Å². The topological polar surface area (TPSA) is 74.7 Å². The van der Waals surface area contributed by atoms with Crippen LogP contribution in [0.5, 0.6) is 0 Å². The van der Waals surface area contributed by atoms with Crippen molar-refractivity contribution in [1.29, 1.82) is 0 Å². The summed E-state index contributed by atoms with van der Waals surface area (Å²) in [5, 5.41) is 0. The van der Waals surface area contributed by atoms with Crippen LogP contribution in [0.3, 0.4) is 0 Å². The first-order valence-electron chi connectivity index (χ1n) is 6.26. The molecule has 0 bridgehead atoms. The van der Waals surface area contributed by atoms with Gasteiger partial charge in [0.1, 0.15) is 12.0 Å². The van der Waals surface area contributed by atoms with Crippen LogP contribution < -0.4 is 11.3 Å². The van der Waals surface area contributed by atoms with Gasteiger partial charge in [-0.2, -0.15) is 0 Å². The quantitative estimate of drug-likeness (QED) is 0.449. The molecule has 0 aromatic carbocycles. The molecule has 100 valence electrons. The van der Waals surface area contributed by atoms with Crippen LogP contribution >= 0.6 is 0 Å². The number of hydrazine groups is 1. The standard InChI is InChI=1S/C12H20N4O2/c1-2-15-3-5-16(6-4-15)8-11-7-10(9-18-11)12(17)14-13/h7,9H,2-6,8,13H2,1H3,(H,14,17). The van der Waals surface area contributed by atoms with Crippen molar-refractivity contribution in [1.82, 2.24) is 15.2 Å². The van der Waals surface area contributed by atoms with E-state index >= 15 is 0 Å². The summed E-state index contributed by atoms with van der Waals surface area (Å²) in [6.07, 6.45) is 1.44. The van der Waals surface area contributed by atoms with Crippen LogP contribution in [0.2, 0.25) is 0 Å². The number of nitrogens with zero attached hydrogens (tertiary/aromatic N) is 2. The zero-order chi connectivity index (χ0) is 13.0. The Morgan fingerprint density at radius 1 is 1.39 bits per heavy atom. The number of rotatable bonds is 4. The predicted octanol–water partition coefficient (Wildman–Crippen LogP) is 0.0206. The fourth-order valence-electron chi connectivity index (χ4n) is 2.15. The first-order valence-corrected chi connectivity index (χ1v) is 6.26. The molecular formula is C12H20N4O2. The van der Waals surface area contributed by atoms with E-state index in [-0.39, 0.29) is 5.91 Å². The summed E-state index contributed by atoms with van der Waals surface area (Å²) in [6, 6.07) is 1.74. The highest BCUT2D eigenvalue weighted by molar-refractivity contribution is 5.93. The number of carbonyl (C=O) groups is 1. The van der Waals surface area contributed by atoms with Crippen LogP contribution in [0.1, 0.15) is 23.0 Å². The van der Waals surface area contributed by atoms with Gasteiger partial charge in [-0.05, 0) is 12.6 Å². The van der Waals surface area contributed by atoms with Crippen molar-refractivity contribution in [3.8, 4) is 0 Å². The van der Waals surface area contributed by atoms with Crippen molar-refractivity contribution in [3.05, 3.63) is 23.7 Å². The van der Waals surface area contributed by atoms with E-state index < -0.39 is 0 Å². The number of amides is 1. The maximum Gasteiger partial charge on any atom is 0.268 e. The van der Waals surface area contributed by atoms with Gasteiger partial charge in [-0.15, -0.1) is 0 Å². The molecule has 1 aromatic heterocycles.